The van der Waals surface area contributed by atoms with E-state index in [4.69, 9.17) is 11.6 Å². The van der Waals surface area contributed by atoms with Crippen LogP contribution in [0.2, 0.25) is 5.02 Å². The van der Waals surface area contributed by atoms with Gasteiger partial charge in [-0.2, -0.15) is 0 Å². The SMILES string of the molecule is CN=C(NCCCc1ccccc1Cl)NCC1CC1. The quantitative estimate of drug-likeness (QED) is 0.477. The van der Waals surface area contributed by atoms with Crippen LogP contribution in [0.3, 0.4) is 0 Å². The number of benzene rings is 1. The Hall–Kier alpha value is -1.22. The maximum absolute atomic E-state index is 6.13. The molecule has 3 nitrogen and oxygen atoms in total. The zero-order valence-electron chi connectivity index (χ0n) is 11.5. The number of rotatable bonds is 6. The summed E-state index contributed by atoms with van der Waals surface area (Å²) >= 11 is 6.13. The van der Waals surface area contributed by atoms with E-state index in [1.165, 1.54) is 18.4 Å². The number of aliphatic imine (C=N–C) groups is 1. The Labute approximate surface area is 120 Å². The van der Waals surface area contributed by atoms with Gasteiger partial charge < -0.3 is 10.6 Å². The third kappa shape index (κ3) is 5.11. The molecule has 0 atom stereocenters. The maximum atomic E-state index is 6.13. The molecular weight excluding hydrogens is 258 g/mol. The Morgan fingerprint density at radius 2 is 2.11 bits per heavy atom. The van der Waals surface area contributed by atoms with Crippen LogP contribution in [-0.4, -0.2) is 26.1 Å². The Bertz CT molecular complexity index is 427. The molecule has 0 unspecified atom stereocenters. The summed E-state index contributed by atoms with van der Waals surface area (Å²) in [6, 6.07) is 8.03. The van der Waals surface area contributed by atoms with Gasteiger partial charge in [0.1, 0.15) is 0 Å². The predicted octanol–water partition coefficient (Wildman–Crippen LogP) is 2.85. The Morgan fingerprint density at radius 3 is 2.79 bits per heavy atom. The van der Waals surface area contributed by atoms with E-state index in [9.17, 15) is 0 Å². The van der Waals surface area contributed by atoms with Gasteiger partial charge in [0.25, 0.3) is 0 Å². The highest BCUT2D eigenvalue weighted by molar-refractivity contribution is 6.31. The maximum Gasteiger partial charge on any atom is 0.190 e. The molecule has 1 fully saturated rings. The van der Waals surface area contributed by atoms with Gasteiger partial charge in [-0.1, -0.05) is 29.8 Å². The Balaban J connectivity index is 1.63. The molecule has 19 heavy (non-hydrogen) atoms. The van der Waals surface area contributed by atoms with Crippen LogP contribution in [-0.2, 0) is 6.42 Å². The molecule has 4 heteroatoms. The summed E-state index contributed by atoms with van der Waals surface area (Å²) in [6.45, 7) is 1.96. The molecule has 0 heterocycles. The number of hydrogen-bond acceptors (Lipinski definition) is 1. The number of aryl methyl sites for hydroxylation is 1. The molecule has 1 aromatic carbocycles. The molecule has 1 aromatic rings. The molecular formula is C15H22ClN3. The molecule has 1 saturated carbocycles. The first-order chi connectivity index (χ1) is 9.29. The van der Waals surface area contributed by atoms with Crippen LogP contribution >= 0.6 is 11.6 Å². The summed E-state index contributed by atoms with van der Waals surface area (Å²) in [5.74, 6) is 1.77. The van der Waals surface area contributed by atoms with Crippen molar-refractivity contribution < 1.29 is 0 Å². The summed E-state index contributed by atoms with van der Waals surface area (Å²) in [6.07, 6.45) is 4.76. The molecule has 0 bridgehead atoms. The van der Waals surface area contributed by atoms with Crippen molar-refractivity contribution >= 4 is 17.6 Å². The van der Waals surface area contributed by atoms with Crippen molar-refractivity contribution in [2.24, 2.45) is 10.9 Å². The number of halogens is 1. The van der Waals surface area contributed by atoms with Gasteiger partial charge in [-0.05, 0) is 43.2 Å². The molecule has 0 radical (unpaired) electrons. The summed E-state index contributed by atoms with van der Waals surface area (Å²) < 4.78 is 0. The lowest BCUT2D eigenvalue weighted by Crippen LogP contribution is -2.38. The van der Waals surface area contributed by atoms with Crippen LogP contribution < -0.4 is 10.6 Å². The molecule has 0 aromatic heterocycles. The fraction of sp³-hybridized carbons (Fsp3) is 0.533. The molecule has 0 amide bonds. The van der Waals surface area contributed by atoms with E-state index in [1.54, 1.807) is 0 Å². The second-order valence-corrected chi connectivity index (χ2v) is 5.43. The van der Waals surface area contributed by atoms with Crippen molar-refractivity contribution in [1.82, 2.24) is 10.6 Å². The van der Waals surface area contributed by atoms with Gasteiger partial charge >= 0.3 is 0 Å². The minimum Gasteiger partial charge on any atom is -0.356 e. The van der Waals surface area contributed by atoms with Crippen molar-refractivity contribution in [2.75, 3.05) is 20.1 Å². The lowest BCUT2D eigenvalue weighted by molar-refractivity contribution is 0.714. The van der Waals surface area contributed by atoms with Crippen LogP contribution in [0.5, 0.6) is 0 Å². The fourth-order valence-corrected chi connectivity index (χ4v) is 2.20. The van der Waals surface area contributed by atoms with E-state index in [0.717, 1.165) is 42.8 Å². The molecule has 2 N–H and O–H groups in total. The minimum atomic E-state index is 0.860. The number of guanidine groups is 1. The average Bonchev–Trinajstić information content (AvgIpc) is 3.24. The van der Waals surface area contributed by atoms with E-state index in [-0.39, 0.29) is 0 Å². The normalized spacial score (nSPS) is 15.4. The Kier molecular flexibility index (Phi) is 5.52. The molecule has 0 saturated heterocycles. The second-order valence-electron chi connectivity index (χ2n) is 5.02. The van der Waals surface area contributed by atoms with Crippen molar-refractivity contribution in [3.63, 3.8) is 0 Å². The van der Waals surface area contributed by atoms with Gasteiger partial charge in [0.2, 0.25) is 0 Å². The molecule has 0 spiro atoms. The van der Waals surface area contributed by atoms with Crippen LogP contribution in [0.1, 0.15) is 24.8 Å². The smallest absolute Gasteiger partial charge is 0.190 e. The van der Waals surface area contributed by atoms with E-state index in [1.807, 2.05) is 25.2 Å². The number of nitrogens with zero attached hydrogens (tertiary/aromatic N) is 1. The zero-order valence-corrected chi connectivity index (χ0v) is 12.2. The topological polar surface area (TPSA) is 36.4 Å². The molecule has 104 valence electrons. The van der Waals surface area contributed by atoms with E-state index in [2.05, 4.69) is 21.7 Å². The third-order valence-electron chi connectivity index (χ3n) is 3.35. The highest BCUT2D eigenvalue weighted by atomic mass is 35.5. The standard InChI is InChI=1S/C15H22ClN3/c1-17-15(19-11-12-8-9-12)18-10-4-6-13-5-2-3-7-14(13)16/h2-3,5,7,12H,4,6,8-11H2,1H3,(H2,17,18,19). The lowest BCUT2D eigenvalue weighted by Gasteiger charge is -2.11. The molecule has 1 aliphatic carbocycles. The monoisotopic (exact) mass is 279 g/mol. The second kappa shape index (κ2) is 7.39. The number of nitrogens with one attached hydrogen (secondary N) is 2. The van der Waals surface area contributed by atoms with Crippen molar-refractivity contribution in [1.29, 1.82) is 0 Å². The predicted molar refractivity (Wildman–Crippen MR) is 81.9 cm³/mol. The fourth-order valence-electron chi connectivity index (χ4n) is 1.97. The Morgan fingerprint density at radius 1 is 1.32 bits per heavy atom. The van der Waals surface area contributed by atoms with E-state index >= 15 is 0 Å². The summed E-state index contributed by atoms with van der Waals surface area (Å²) in [5.41, 5.74) is 1.21. The van der Waals surface area contributed by atoms with Crippen molar-refractivity contribution in [3.8, 4) is 0 Å². The lowest BCUT2D eigenvalue weighted by atomic mass is 10.1. The van der Waals surface area contributed by atoms with E-state index < -0.39 is 0 Å². The van der Waals surface area contributed by atoms with Crippen molar-refractivity contribution in [3.05, 3.63) is 34.9 Å². The highest BCUT2D eigenvalue weighted by Crippen LogP contribution is 2.27. The van der Waals surface area contributed by atoms with Crippen LogP contribution in [0.4, 0.5) is 0 Å². The van der Waals surface area contributed by atoms with Crippen molar-refractivity contribution in [2.45, 2.75) is 25.7 Å². The average molecular weight is 280 g/mol. The highest BCUT2D eigenvalue weighted by Gasteiger charge is 2.20. The first kappa shape index (κ1) is 14.2. The van der Waals surface area contributed by atoms with Gasteiger partial charge in [-0.25, -0.2) is 0 Å². The van der Waals surface area contributed by atoms with Gasteiger partial charge in [0.15, 0.2) is 5.96 Å². The van der Waals surface area contributed by atoms with Gasteiger partial charge in [0.05, 0.1) is 0 Å². The molecule has 2 rings (SSSR count). The molecule has 1 aliphatic rings. The summed E-state index contributed by atoms with van der Waals surface area (Å²) in [7, 11) is 1.82. The van der Waals surface area contributed by atoms with Crippen LogP contribution in [0, 0.1) is 5.92 Å². The van der Waals surface area contributed by atoms with Crippen LogP contribution in [0.15, 0.2) is 29.3 Å². The first-order valence-corrected chi connectivity index (χ1v) is 7.35. The van der Waals surface area contributed by atoms with Crippen LogP contribution in [0.25, 0.3) is 0 Å². The third-order valence-corrected chi connectivity index (χ3v) is 3.72. The minimum absolute atomic E-state index is 0.860. The molecule has 0 aliphatic heterocycles. The summed E-state index contributed by atoms with van der Waals surface area (Å²) in [5, 5.41) is 7.55. The van der Waals surface area contributed by atoms with Gasteiger partial charge in [0, 0.05) is 25.2 Å². The van der Waals surface area contributed by atoms with Gasteiger partial charge in [-0.3, -0.25) is 4.99 Å². The largest absolute Gasteiger partial charge is 0.356 e. The zero-order chi connectivity index (χ0) is 13.5. The number of hydrogen-bond donors (Lipinski definition) is 2. The van der Waals surface area contributed by atoms with E-state index in [0.29, 0.717) is 0 Å². The first-order valence-electron chi connectivity index (χ1n) is 6.97. The van der Waals surface area contributed by atoms with Gasteiger partial charge in [-0.15, -0.1) is 0 Å². The summed E-state index contributed by atoms with van der Waals surface area (Å²) in [4.78, 5) is 4.22.